The van der Waals surface area contributed by atoms with E-state index in [1.165, 1.54) is 0 Å². The minimum absolute atomic E-state index is 0.0112. The Kier molecular flexibility index (Phi) is 3.82. The van der Waals surface area contributed by atoms with Gasteiger partial charge >= 0.3 is 0 Å². The molecular formula is C7H16O2. The van der Waals surface area contributed by atoms with Crippen LogP contribution in [0.15, 0.2) is 0 Å². The molecule has 0 heterocycles. The van der Waals surface area contributed by atoms with Crippen LogP contribution in [-0.4, -0.2) is 23.4 Å². The molecule has 0 rings (SSSR count). The zero-order valence-electron chi connectivity index (χ0n) is 6.22. The molecule has 0 aliphatic rings. The summed E-state index contributed by atoms with van der Waals surface area (Å²) in [5.74, 6) is 0. The Labute approximate surface area is 56.5 Å². The fourth-order valence-electron chi connectivity index (χ4n) is 0.637. The van der Waals surface area contributed by atoms with Crippen LogP contribution in [0.1, 0.15) is 26.7 Å². The molecule has 0 radical (unpaired) electrons. The molecule has 0 atom stereocenters. The molecule has 2 heteroatoms. The number of hydrogen-bond acceptors (Lipinski definition) is 2. The van der Waals surface area contributed by atoms with Gasteiger partial charge in [-0.25, -0.2) is 0 Å². The number of rotatable bonds is 4. The van der Waals surface area contributed by atoms with Crippen LogP contribution in [0, 0.1) is 5.41 Å². The zero-order valence-corrected chi connectivity index (χ0v) is 6.22. The molecule has 2 N–H and O–H groups in total. The van der Waals surface area contributed by atoms with Crippen molar-refractivity contribution in [2.75, 3.05) is 13.2 Å². The lowest BCUT2D eigenvalue weighted by Gasteiger charge is -2.20. The molecule has 0 aromatic carbocycles. The maximum absolute atomic E-state index is 8.74. The van der Waals surface area contributed by atoms with Crippen molar-refractivity contribution in [3.63, 3.8) is 0 Å². The molecule has 0 aliphatic carbocycles. The van der Waals surface area contributed by atoms with E-state index < -0.39 is 0 Å². The Morgan fingerprint density at radius 2 is 1.78 bits per heavy atom. The van der Waals surface area contributed by atoms with Crippen molar-refractivity contribution >= 4 is 0 Å². The molecule has 0 spiro atoms. The van der Waals surface area contributed by atoms with Crippen molar-refractivity contribution < 1.29 is 10.2 Å². The lowest BCUT2D eigenvalue weighted by Crippen LogP contribution is -2.16. The van der Waals surface area contributed by atoms with E-state index in [4.69, 9.17) is 10.2 Å². The second-order valence-corrected chi connectivity index (χ2v) is 3.15. The van der Waals surface area contributed by atoms with E-state index in [9.17, 15) is 0 Å². The normalized spacial score (nSPS) is 12.0. The van der Waals surface area contributed by atoms with E-state index in [-0.39, 0.29) is 18.6 Å². The predicted molar refractivity (Wildman–Crippen MR) is 37.2 cm³/mol. The number of aliphatic hydroxyl groups excluding tert-OH is 2. The third-order valence-electron chi connectivity index (χ3n) is 1.44. The van der Waals surface area contributed by atoms with E-state index >= 15 is 0 Å². The van der Waals surface area contributed by atoms with Gasteiger partial charge < -0.3 is 10.2 Å². The van der Waals surface area contributed by atoms with Crippen LogP contribution in [0.4, 0.5) is 0 Å². The summed E-state index contributed by atoms with van der Waals surface area (Å²) in [4.78, 5) is 0. The fourth-order valence-corrected chi connectivity index (χ4v) is 0.637. The Morgan fingerprint density at radius 3 is 2.11 bits per heavy atom. The Balaban J connectivity index is 3.33. The highest BCUT2D eigenvalue weighted by atomic mass is 16.3. The second kappa shape index (κ2) is 3.85. The first-order valence-electron chi connectivity index (χ1n) is 3.34. The first kappa shape index (κ1) is 8.92. The molecular weight excluding hydrogens is 116 g/mol. The SMILES string of the molecule is CC(C)(CO)CCCO. The van der Waals surface area contributed by atoms with Gasteiger partial charge in [-0.3, -0.25) is 0 Å². The van der Waals surface area contributed by atoms with Crippen LogP contribution in [0.3, 0.4) is 0 Å². The number of hydrogen-bond donors (Lipinski definition) is 2. The van der Waals surface area contributed by atoms with Crippen molar-refractivity contribution in [3.05, 3.63) is 0 Å². The van der Waals surface area contributed by atoms with Gasteiger partial charge in [0.05, 0.1) is 0 Å². The minimum atomic E-state index is -0.0112. The minimum Gasteiger partial charge on any atom is -0.396 e. The van der Waals surface area contributed by atoms with Crippen molar-refractivity contribution in [3.8, 4) is 0 Å². The smallest absolute Gasteiger partial charge is 0.0482 e. The van der Waals surface area contributed by atoms with Gasteiger partial charge in [0.15, 0.2) is 0 Å². The summed E-state index contributed by atoms with van der Waals surface area (Å²) < 4.78 is 0. The molecule has 2 nitrogen and oxygen atoms in total. The number of aliphatic hydroxyl groups is 2. The van der Waals surface area contributed by atoms with Gasteiger partial charge in [0.25, 0.3) is 0 Å². The highest BCUT2D eigenvalue weighted by Crippen LogP contribution is 2.20. The van der Waals surface area contributed by atoms with Gasteiger partial charge in [-0.15, -0.1) is 0 Å². The summed E-state index contributed by atoms with van der Waals surface area (Å²) in [5.41, 5.74) is -0.0112. The third kappa shape index (κ3) is 4.43. The highest BCUT2D eigenvalue weighted by Gasteiger charge is 2.14. The molecule has 56 valence electrons. The molecule has 0 aromatic heterocycles. The first-order valence-corrected chi connectivity index (χ1v) is 3.34. The van der Waals surface area contributed by atoms with Gasteiger partial charge in [0.1, 0.15) is 0 Å². The van der Waals surface area contributed by atoms with Crippen LogP contribution in [0.5, 0.6) is 0 Å². The molecule has 0 fully saturated rings. The van der Waals surface area contributed by atoms with E-state index in [2.05, 4.69) is 0 Å². The zero-order chi connectivity index (χ0) is 7.33. The van der Waals surface area contributed by atoms with E-state index in [1.807, 2.05) is 13.8 Å². The fraction of sp³-hybridized carbons (Fsp3) is 1.00. The summed E-state index contributed by atoms with van der Waals surface area (Å²) in [6, 6.07) is 0. The molecule has 0 saturated carbocycles. The van der Waals surface area contributed by atoms with Gasteiger partial charge in [0.2, 0.25) is 0 Å². The molecule has 0 aromatic rings. The molecule has 0 unspecified atom stereocenters. The topological polar surface area (TPSA) is 40.5 Å². The van der Waals surface area contributed by atoms with Crippen molar-refractivity contribution in [1.82, 2.24) is 0 Å². The lowest BCUT2D eigenvalue weighted by molar-refractivity contribution is 0.138. The summed E-state index contributed by atoms with van der Waals surface area (Å²) >= 11 is 0. The average Bonchev–Trinajstić information content (AvgIpc) is 1.84. The van der Waals surface area contributed by atoms with Crippen LogP contribution >= 0.6 is 0 Å². The van der Waals surface area contributed by atoms with Crippen molar-refractivity contribution in [2.24, 2.45) is 5.41 Å². The average molecular weight is 132 g/mol. The third-order valence-corrected chi connectivity index (χ3v) is 1.44. The largest absolute Gasteiger partial charge is 0.396 e. The first-order chi connectivity index (χ1) is 4.12. The lowest BCUT2D eigenvalue weighted by atomic mass is 9.89. The monoisotopic (exact) mass is 132 g/mol. The molecule has 0 aliphatic heterocycles. The van der Waals surface area contributed by atoms with Gasteiger partial charge in [-0.1, -0.05) is 13.8 Å². The standard InChI is InChI=1S/C7H16O2/c1-7(2,6-9)4-3-5-8/h8-9H,3-6H2,1-2H3. The van der Waals surface area contributed by atoms with Crippen molar-refractivity contribution in [1.29, 1.82) is 0 Å². The summed E-state index contributed by atoms with van der Waals surface area (Å²) in [7, 11) is 0. The van der Waals surface area contributed by atoms with Gasteiger partial charge in [-0.2, -0.15) is 0 Å². The Morgan fingerprint density at radius 1 is 1.22 bits per heavy atom. The Hall–Kier alpha value is -0.0800. The van der Waals surface area contributed by atoms with E-state index in [0.717, 1.165) is 12.8 Å². The summed E-state index contributed by atoms with van der Waals surface area (Å²) in [6.45, 7) is 4.40. The summed E-state index contributed by atoms with van der Waals surface area (Å²) in [6.07, 6.45) is 1.67. The predicted octanol–water partition coefficient (Wildman–Crippen LogP) is 0.777. The van der Waals surface area contributed by atoms with E-state index in [0.29, 0.717) is 0 Å². The van der Waals surface area contributed by atoms with E-state index in [1.54, 1.807) is 0 Å². The summed E-state index contributed by atoms with van der Waals surface area (Å²) in [5, 5.41) is 17.2. The Bertz CT molecular complexity index is 69.3. The van der Waals surface area contributed by atoms with Crippen molar-refractivity contribution in [2.45, 2.75) is 26.7 Å². The van der Waals surface area contributed by atoms with Gasteiger partial charge in [0, 0.05) is 13.2 Å². The maximum atomic E-state index is 8.74. The second-order valence-electron chi connectivity index (χ2n) is 3.15. The van der Waals surface area contributed by atoms with Gasteiger partial charge in [-0.05, 0) is 18.3 Å². The van der Waals surface area contributed by atoms with Crippen LogP contribution in [0.2, 0.25) is 0 Å². The molecule has 0 saturated heterocycles. The van der Waals surface area contributed by atoms with Crippen LogP contribution in [0.25, 0.3) is 0 Å². The van der Waals surface area contributed by atoms with Crippen LogP contribution in [-0.2, 0) is 0 Å². The quantitative estimate of drug-likeness (QED) is 0.593. The molecule has 0 amide bonds. The highest BCUT2D eigenvalue weighted by molar-refractivity contribution is 4.65. The maximum Gasteiger partial charge on any atom is 0.0482 e. The molecule has 0 bridgehead atoms. The van der Waals surface area contributed by atoms with Crippen LogP contribution < -0.4 is 0 Å². The molecule has 9 heavy (non-hydrogen) atoms.